The molecule has 5 nitrogen and oxygen atoms in total. The van der Waals surface area contributed by atoms with Gasteiger partial charge in [0.25, 0.3) is 0 Å². The van der Waals surface area contributed by atoms with Gasteiger partial charge in [0, 0.05) is 24.1 Å². The molecule has 3 rings (SSSR count). The fourth-order valence-electron chi connectivity index (χ4n) is 3.41. The zero-order chi connectivity index (χ0) is 15.7. The molecule has 2 aliphatic heterocycles. The van der Waals surface area contributed by atoms with Crippen molar-refractivity contribution >= 4 is 5.97 Å². The van der Waals surface area contributed by atoms with Crippen LogP contribution in [0, 0.1) is 0 Å². The number of nitrogens with zero attached hydrogens (tertiary/aromatic N) is 1. The Morgan fingerprint density at radius 1 is 1.50 bits per heavy atom. The second-order valence-corrected chi connectivity index (χ2v) is 6.10. The molecule has 0 bridgehead atoms. The largest absolute Gasteiger partial charge is 0.494 e. The average molecular weight is 305 g/mol. The van der Waals surface area contributed by atoms with Crippen LogP contribution in [0.25, 0.3) is 0 Å². The van der Waals surface area contributed by atoms with E-state index < -0.39 is 5.97 Å². The van der Waals surface area contributed by atoms with Crippen LogP contribution in [0.1, 0.15) is 37.8 Å². The summed E-state index contributed by atoms with van der Waals surface area (Å²) in [5.74, 6) is 1.04. The van der Waals surface area contributed by atoms with E-state index in [9.17, 15) is 9.90 Å². The highest BCUT2D eigenvalue weighted by Gasteiger charge is 2.31. The molecular formula is C17H23NO4. The second kappa shape index (κ2) is 6.16. The van der Waals surface area contributed by atoms with Crippen molar-refractivity contribution in [2.75, 3.05) is 13.2 Å². The van der Waals surface area contributed by atoms with Crippen molar-refractivity contribution in [2.45, 2.75) is 51.8 Å². The Hall–Kier alpha value is -1.75. The maximum Gasteiger partial charge on any atom is 0.320 e. The topological polar surface area (TPSA) is 59.0 Å². The van der Waals surface area contributed by atoms with Crippen molar-refractivity contribution < 1.29 is 19.4 Å². The first-order valence-electron chi connectivity index (χ1n) is 8.00. The molecule has 120 valence electrons. The Bertz CT molecular complexity index is 572. The van der Waals surface area contributed by atoms with E-state index in [1.165, 1.54) is 5.56 Å². The summed E-state index contributed by atoms with van der Waals surface area (Å²) in [7, 11) is 0. The highest BCUT2D eigenvalue weighted by molar-refractivity contribution is 5.73. The molecular weight excluding hydrogens is 282 g/mol. The van der Waals surface area contributed by atoms with Gasteiger partial charge in [-0.1, -0.05) is 0 Å². The van der Waals surface area contributed by atoms with Crippen molar-refractivity contribution in [1.29, 1.82) is 0 Å². The van der Waals surface area contributed by atoms with E-state index in [4.69, 9.17) is 9.47 Å². The maximum absolute atomic E-state index is 11.3. The molecule has 2 atom stereocenters. The second-order valence-electron chi connectivity index (χ2n) is 6.10. The van der Waals surface area contributed by atoms with Crippen LogP contribution in [0.2, 0.25) is 0 Å². The lowest BCUT2D eigenvalue weighted by molar-refractivity contribution is -0.142. The first-order chi connectivity index (χ1) is 10.6. The smallest absolute Gasteiger partial charge is 0.320 e. The Morgan fingerprint density at radius 3 is 3.05 bits per heavy atom. The normalized spacial score (nSPS) is 24.1. The maximum atomic E-state index is 11.3. The molecule has 0 aromatic heterocycles. The van der Waals surface area contributed by atoms with Gasteiger partial charge in [-0.2, -0.15) is 0 Å². The van der Waals surface area contributed by atoms with Crippen molar-refractivity contribution in [2.24, 2.45) is 0 Å². The van der Waals surface area contributed by atoms with E-state index in [0.29, 0.717) is 13.2 Å². The first-order valence-corrected chi connectivity index (χ1v) is 8.00. The lowest BCUT2D eigenvalue weighted by atomic mass is 10.1. The summed E-state index contributed by atoms with van der Waals surface area (Å²) in [6.45, 7) is 6.03. The number of carboxylic acids is 1. The number of likely N-dealkylation sites (tertiary alicyclic amines) is 1. The molecule has 0 radical (unpaired) electrons. The predicted molar refractivity (Wildman–Crippen MR) is 82.5 cm³/mol. The van der Waals surface area contributed by atoms with Gasteiger partial charge in [0.15, 0.2) is 0 Å². The molecule has 1 aromatic rings. The van der Waals surface area contributed by atoms with E-state index in [0.717, 1.165) is 42.9 Å². The molecule has 0 aliphatic carbocycles. The minimum atomic E-state index is -0.735. The number of ether oxygens (including phenoxy) is 2. The van der Waals surface area contributed by atoms with Gasteiger partial charge in [0.1, 0.15) is 23.6 Å². The fourth-order valence-corrected chi connectivity index (χ4v) is 3.41. The first kappa shape index (κ1) is 15.2. The minimum absolute atomic E-state index is 0.193. The van der Waals surface area contributed by atoms with Gasteiger partial charge in [-0.25, -0.2) is 0 Å². The Morgan fingerprint density at radius 2 is 2.32 bits per heavy atom. The quantitative estimate of drug-likeness (QED) is 0.905. The fraction of sp³-hybridized carbons (Fsp3) is 0.588. The lowest BCUT2D eigenvalue weighted by Crippen LogP contribution is -2.35. The van der Waals surface area contributed by atoms with Crippen LogP contribution in [0.3, 0.4) is 0 Å². The van der Waals surface area contributed by atoms with Crippen molar-refractivity contribution in [3.05, 3.63) is 23.3 Å². The van der Waals surface area contributed by atoms with Crippen LogP contribution < -0.4 is 9.47 Å². The number of fused-ring (bicyclic) bond motifs is 1. The zero-order valence-corrected chi connectivity index (χ0v) is 13.2. The summed E-state index contributed by atoms with van der Waals surface area (Å²) >= 11 is 0. The lowest BCUT2D eigenvalue weighted by Gasteiger charge is -2.23. The SMILES string of the molecule is CCOc1cc2c(cc1CN1CCC[C@H]1C(=O)O)O[C@@H](C)C2. The third-order valence-electron chi connectivity index (χ3n) is 4.40. The molecule has 0 unspecified atom stereocenters. The summed E-state index contributed by atoms with van der Waals surface area (Å²) in [4.78, 5) is 13.4. The summed E-state index contributed by atoms with van der Waals surface area (Å²) in [6.07, 6.45) is 2.74. The number of rotatable bonds is 5. The molecule has 2 aliphatic rings. The summed E-state index contributed by atoms with van der Waals surface area (Å²) in [5, 5.41) is 9.33. The van der Waals surface area contributed by atoms with Gasteiger partial charge >= 0.3 is 5.97 Å². The highest BCUT2D eigenvalue weighted by atomic mass is 16.5. The molecule has 0 saturated carbocycles. The van der Waals surface area contributed by atoms with E-state index in [1.807, 2.05) is 17.9 Å². The monoisotopic (exact) mass is 305 g/mol. The molecule has 1 fully saturated rings. The Labute approximate surface area is 130 Å². The van der Waals surface area contributed by atoms with Crippen LogP contribution in [0.5, 0.6) is 11.5 Å². The Kier molecular flexibility index (Phi) is 4.25. The molecule has 0 amide bonds. The van der Waals surface area contributed by atoms with E-state index in [-0.39, 0.29) is 12.1 Å². The van der Waals surface area contributed by atoms with Crippen LogP contribution in [0.15, 0.2) is 12.1 Å². The molecule has 22 heavy (non-hydrogen) atoms. The number of hydrogen-bond donors (Lipinski definition) is 1. The third kappa shape index (κ3) is 2.90. The summed E-state index contributed by atoms with van der Waals surface area (Å²) in [5.41, 5.74) is 2.19. The number of carboxylic acid groups (broad SMARTS) is 1. The molecule has 0 spiro atoms. The van der Waals surface area contributed by atoms with Crippen molar-refractivity contribution in [1.82, 2.24) is 4.90 Å². The van der Waals surface area contributed by atoms with E-state index >= 15 is 0 Å². The Balaban J connectivity index is 1.86. The van der Waals surface area contributed by atoms with Crippen LogP contribution in [0.4, 0.5) is 0 Å². The van der Waals surface area contributed by atoms with Crippen molar-refractivity contribution in [3.8, 4) is 11.5 Å². The average Bonchev–Trinajstić information content (AvgIpc) is 3.05. The van der Waals surface area contributed by atoms with E-state index in [2.05, 4.69) is 13.0 Å². The molecule has 1 saturated heterocycles. The number of hydrogen-bond acceptors (Lipinski definition) is 4. The zero-order valence-electron chi connectivity index (χ0n) is 13.2. The van der Waals surface area contributed by atoms with Gasteiger partial charge in [-0.3, -0.25) is 9.69 Å². The number of aliphatic carboxylic acids is 1. The number of benzene rings is 1. The van der Waals surface area contributed by atoms with Crippen LogP contribution in [-0.2, 0) is 17.8 Å². The third-order valence-corrected chi connectivity index (χ3v) is 4.40. The summed E-state index contributed by atoms with van der Waals surface area (Å²) < 4.78 is 11.6. The van der Waals surface area contributed by atoms with Gasteiger partial charge in [0.05, 0.1) is 6.61 Å². The van der Waals surface area contributed by atoms with Crippen LogP contribution >= 0.6 is 0 Å². The van der Waals surface area contributed by atoms with Gasteiger partial charge < -0.3 is 14.6 Å². The standard InChI is InChI=1S/C17H23NO4/c1-3-21-15-8-12-7-11(2)22-16(12)9-13(15)10-18-6-4-5-14(18)17(19)20/h8-9,11,14H,3-7,10H2,1-2H3,(H,19,20)/t11-,14-/m0/s1. The highest BCUT2D eigenvalue weighted by Crippen LogP contribution is 2.36. The van der Waals surface area contributed by atoms with Crippen molar-refractivity contribution in [3.63, 3.8) is 0 Å². The van der Waals surface area contributed by atoms with E-state index in [1.54, 1.807) is 0 Å². The van der Waals surface area contributed by atoms with Crippen LogP contribution in [-0.4, -0.2) is 41.3 Å². The predicted octanol–water partition coefficient (Wildman–Crippen LogP) is 2.46. The molecule has 5 heteroatoms. The molecule has 1 aromatic carbocycles. The minimum Gasteiger partial charge on any atom is -0.494 e. The molecule has 2 heterocycles. The number of carbonyl (C=O) groups is 1. The van der Waals surface area contributed by atoms with Gasteiger partial charge in [-0.05, 0) is 45.4 Å². The van der Waals surface area contributed by atoms with Gasteiger partial charge in [-0.15, -0.1) is 0 Å². The summed E-state index contributed by atoms with van der Waals surface area (Å²) in [6, 6.07) is 3.70. The van der Waals surface area contributed by atoms with Gasteiger partial charge in [0.2, 0.25) is 0 Å². The molecule has 1 N–H and O–H groups in total.